The summed E-state index contributed by atoms with van der Waals surface area (Å²) < 4.78 is 0.899. The number of carbonyl (C=O) groups excluding carboxylic acids is 1. The fourth-order valence-electron chi connectivity index (χ4n) is 1.54. The summed E-state index contributed by atoms with van der Waals surface area (Å²) in [6.45, 7) is 1.81. The molecule has 1 aromatic carbocycles. The van der Waals surface area contributed by atoms with E-state index in [0.29, 0.717) is 16.4 Å². The molecular weight excluding hydrogens is 374 g/mol. The summed E-state index contributed by atoms with van der Waals surface area (Å²) in [5.41, 5.74) is 6.81. The molecule has 0 radical (unpaired) electrons. The molecule has 2 aromatic rings. The molecule has 0 bridgehead atoms. The van der Waals surface area contributed by atoms with Crippen molar-refractivity contribution in [1.82, 2.24) is 4.98 Å². The van der Waals surface area contributed by atoms with Crippen molar-refractivity contribution in [3.63, 3.8) is 0 Å². The summed E-state index contributed by atoms with van der Waals surface area (Å²) in [5.74, 6) is -0.154. The smallest absolute Gasteiger partial charge is 0.237 e. The van der Waals surface area contributed by atoms with Crippen molar-refractivity contribution in [3.05, 3.63) is 46.0 Å². The van der Waals surface area contributed by atoms with Gasteiger partial charge in [0.2, 0.25) is 5.91 Å². The molecule has 1 unspecified atom stereocenters. The molecule has 1 atom stereocenters. The predicted molar refractivity (Wildman–Crippen MR) is 91.8 cm³/mol. The maximum atomic E-state index is 12.2. The van der Waals surface area contributed by atoms with Gasteiger partial charge in [0.15, 0.2) is 0 Å². The van der Waals surface area contributed by atoms with E-state index in [2.05, 4.69) is 26.2 Å². The van der Waals surface area contributed by atoms with E-state index in [9.17, 15) is 4.79 Å². The molecule has 7 heteroatoms. The first-order valence-electron chi connectivity index (χ1n) is 6.10. The number of rotatable bonds is 4. The quantitative estimate of drug-likeness (QED) is 0.610. The third kappa shape index (κ3) is 4.62. The molecule has 1 heterocycles. The average molecular weight is 387 g/mol. The third-order valence-corrected chi connectivity index (χ3v) is 4.40. The van der Waals surface area contributed by atoms with Gasteiger partial charge in [0, 0.05) is 15.7 Å². The van der Waals surface area contributed by atoms with Gasteiger partial charge in [-0.25, -0.2) is 4.98 Å². The van der Waals surface area contributed by atoms with E-state index in [1.807, 2.05) is 19.1 Å². The lowest BCUT2D eigenvalue weighted by atomic mass is 10.2. The highest BCUT2D eigenvalue weighted by atomic mass is 79.9. The van der Waals surface area contributed by atoms with Gasteiger partial charge in [0.05, 0.1) is 21.7 Å². The summed E-state index contributed by atoms with van der Waals surface area (Å²) in [4.78, 5) is 16.4. The molecule has 0 saturated heterocycles. The number of nitrogens with two attached hydrogens (primary N) is 1. The first kappa shape index (κ1) is 16.1. The van der Waals surface area contributed by atoms with Crippen molar-refractivity contribution >= 4 is 56.6 Å². The minimum Gasteiger partial charge on any atom is -0.397 e. The molecule has 3 N–H and O–H groups in total. The number of hydrogen-bond acceptors (Lipinski definition) is 4. The van der Waals surface area contributed by atoms with Crippen molar-refractivity contribution in [3.8, 4) is 0 Å². The molecular formula is C14H13BrClN3OS. The highest BCUT2D eigenvalue weighted by molar-refractivity contribution is 9.10. The van der Waals surface area contributed by atoms with Gasteiger partial charge in [-0.3, -0.25) is 4.79 Å². The Kier molecular flexibility index (Phi) is 5.50. The molecule has 2 rings (SSSR count). The van der Waals surface area contributed by atoms with Gasteiger partial charge in [-0.15, -0.1) is 0 Å². The standard InChI is InChI=1S/C14H13BrClN3OS/c1-8(21-13-5-2-9(15)7-18-13)14(20)19-12-6-10(16)3-4-11(12)17/h2-8H,17H2,1H3,(H,19,20). The summed E-state index contributed by atoms with van der Waals surface area (Å²) in [6.07, 6.45) is 1.70. The highest BCUT2D eigenvalue weighted by Crippen LogP contribution is 2.26. The van der Waals surface area contributed by atoms with Crippen molar-refractivity contribution < 1.29 is 4.79 Å². The Hall–Kier alpha value is -1.24. The van der Waals surface area contributed by atoms with Gasteiger partial charge in [0.25, 0.3) is 0 Å². The lowest BCUT2D eigenvalue weighted by Gasteiger charge is -2.13. The zero-order chi connectivity index (χ0) is 15.4. The van der Waals surface area contributed by atoms with E-state index >= 15 is 0 Å². The molecule has 1 aromatic heterocycles. The molecule has 0 aliphatic carbocycles. The van der Waals surface area contributed by atoms with Crippen LogP contribution in [0.4, 0.5) is 11.4 Å². The first-order valence-corrected chi connectivity index (χ1v) is 8.15. The molecule has 4 nitrogen and oxygen atoms in total. The monoisotopic (exact) mass is 385 g/mol. The number of nitrogen functional groups attached to an aromatic ring is 1. The lowest BCUT2D eigenvalue weighted by Crippen LogP contribution is -2.23. The number of amides is 1. The van der Waals surface area contributed by atoms with E-state index in [-0.39, 0.29) is 11.2 Å². The van der Waals surface area contributed by atoms with Crippen LogP contribution in [0.3, 0.4) is 0 Å². The first-order chi connectivity index (χ1) is 9.95. The Morgan fingerprint density at radius 1 is 1.43 bits per heavy atom. The summed E-state index contributed by atoms with van der Waals surface area (Å²) in [6, 6.07) is 8.70. The zero-order valence-electron chi connectivity index (χ0n) is 11.1. The second-order valence-corrected chi connectivity index (χ2v) is 7.01. The fraction of sp³-hybridized carbons (Fsp3) is 0.143. The molecule has 21 heavy (non-hydrogen) atoms. The van der Waals surface area contributed by atoms with Gasteiger partial charge >= 0.3 is 0 Å². The number of aromatic nitrogens is 1. The normalized spacial score (nSPS) is 12.0. The molecule has 1 amide bonds. The zero-order valence-corrected chi connectivity index (χ0v) is 14.3. The average Bonchev–Trinajstić information content (AvgIpc) is 2.45. The van der Waals surface area contributed by atoms with Crippen molar-refractivity contribution in [2.45, 2.75) is 17.2 Å². The van der Waals surface area contributed by atoms with Gasteiger partial charge in [-0.1, -0.05) is 23.4 Å². The van der Waals surface area contributed by atoms with Crippen LogP contribution in [0, 0.1) is 0 Å². The molecule has 0 saturated carbocycles. The number of thioether (sulfide) groups is 1. The fourth-order valence-corrected chi connectivity index (χ4v) is 2.73. The minimum atomic E-state index is -0.308. The minimum absolute atomic E-state index is 0.154. The molecule has 0 fully saturated rings. The number of benzene rings is 1. The lowest BCUT2D eigenvalue weighted by molar-refractivity contribution is -0.115. The number of nitrogens with zero attached hydrogens (tertiary/aromatic N) is 1. The van der Waals surface area contributed by atoms with Gasteiger partial charge < -0.3 is 11.1 Å². The Labute approximate surface area is 140 Å². The number of hydrogen-bond donors (Lipinski definition) is 2. The maximum absolute atomic E-state index is 12.2. The summed E-state index contributed by atoms with van der Waals surface area (Å²) in [5, 5.41) is 3.77. The van der Waals surface area contributed by atoms with Crippen LogP contribution in [0.1, 0.15) is 6.92 Å². The largest absolute Gasteiger partial charge is 0.397 e. The van der Waals surface area contributed by atoms with Crippen LogP contribution in [0.5, 0.6) is 0 Å². The van der Waals surface area contributed by atoms with Crippen LogP contribution in [0.15, 0.2) is 46.0 Å². The summed E-state index contributed by atoms with van der Waals surface area (Å²) >= 11 is 10.6. The van der Waals surface area contributed by atoms with Crippen LogP contribution in [-0.4, -0.2) is 16.1 Å². The molecule has 0 spiro atoms. The Bertz CT molecular complexity index is 651. The number of halogens is 2. The second-order valence-electron chi connectivity index (χ2n) is 4.30. The number of anilines is 2. The Morgan fingerprint density at radius 2 is 2.19 bits per heavy atom. The van der Waals surface area contributed by atoms with Gasteiger partial charge in [0.1, 0.15) is 0 Å². The molecule has 110 valence electrons. The van der Waals surface area contributed by atoms with Crippen LogP contribution in [-0.2, 0) is 4.79 Å². The van der Waals surface area contributed by atoms with E-state index < -0.39 is 0 Å². The van der Waals surface area contributed by atoms with E-state index in [1.165, 1.54) is 11.8 Å². The third-order valence-electron chi connectivity index (χ3n) is 2.64. The second kappa shape index (κ2) is 7.15. The topological polar surface area (TPSA) is 68.0 Å². The number of carbonyl (C=O) groups is 1. The predicted octanol–water partition coefficient (Wildman–Crippen LogP) is 4.20. The Morgan fingerprint density at radius 3 is 2.86 bits per heavy atom. The van der Waals surface area contributed by atoms with Gasteiger partial charge in [-0.2, -0.15) is 0 Å². The highest BCUT2D eigenvalue weighted by Gasteiger charge is 2.16. The number of pyridine rings is 1. The molecule has 0 aliphatic rings. The van der Waals surface area contributed by atoms with Crippen molar-refractivity contribution in [2.75, 3.05) is 11.1 Å². The SMILES string of the molecule is CC(Sc1ccc(Br)cn1)C(=O)Nc1cc(Cl)ccc1N. The van der Waals surface area contributed by atoms with E-state index in [0.717, 1.165) is 9.50 Å². The number of nitrogens with one attached hydrogen (secondary N) is 1. The van der Waals surface area contributed by atoms with Crippen LogP contribution >= 0.6 is 39.3 Å². The van der Waals surface area contributed by atoms with Crippen molar-refractivity contribution in [1.29, 1.82) is 0 Å². The molecule has 0 aliphatic heterocycles. The van der Waals surface area contributed by atoms with E-state index in [4.69, 9.17) is 17.3 Å². The van der Waals surface area contributed by atoms with Crippen LogP contribution in [0.25, 0.3) is 0 Å². The van der Waals surface area contributed by atoms with Crippen LogP contribution in [0.2, 0.25) is 5.02 Å². The summed E-state index contributed by atoms with van der Waals surface area (Å²) in [7, 11) is 0. The van der Waals surface area contributed by atoms with Crippen molar-refractivity contribution in [2.24, 2.45) is 0 Å². The van der Waals surface area contributed by atoms with Crippen LogP contribution < -0.4 is 11.1 Å². The van der Waals surface area contributed by atoms with E-state index in [1.54, 1.807) is 24.4 Å². The maximum Gasteiger partial charge on any atom is 0.237 e. The Balaban J connectivity index is 2.02. The van der Waals surface area contributed by atoms with Gasteiger partial charge in [-0.05, 0) is 53.2 Å².